The Hall–Kier alpha value is -0.870. The summed E-state index contributed by atoms with van der Waals surface area (Å²) in [4.78, 5) is 2.33. The van der Waals surface area contributed by atoms with Gasteiger partial charge in [-0.25, -0.2) is 0 Å². The quantitative estimate of drug-likeness (QED) is 0.801. The Morgan fingerprint density at radius 3 is 2.56 bits per heavy atom. The molecule has 0 saturated heterocycles. The summed E-state index contributed by atoms with van der Waals surface area (Å²) in [5, 5.41) is 7.71. The first-order valence-electron chi connectivity index (χ1n) is 6.76. The summed E-state index contributed by atoms with van der Waals surface area (Å²) in [6, 6.07) is 0.484. The van der Waals surface area contributed by atoms with Crippen LogP contribution in [0.4, 0.5) is 0 Å². The predicted octanol–water partition coefficient (Wildman–Crippen LogP) is 1.67. The van der Waals surface area contributed by atoms with Crippen LogP contribution >= 0.6 is 0 Å². The van der Waals surface area contributed by atoms with Gasteiger partial charge in [0.2, 0.25) is 0 Å². The van der Waals surface area contributed by atoms with Crippen LogP contribution in [0.2, 0.25) is 0 Å². The van der Waals surface area contributed by atoms with E-state index < -0.39 is 0 Å². The number of hydrogen-bond donors (Lipinski definition) is 1. The van der Waals surface area contributed by atoms with Crippen molar-refractivity contribution in [1.82, 2.24) is 20.0 Å². The average molecular weight is 252 g/mol. The molecule has 4 heteroatoms. The normalized spacial score (nSPS) is 16.8. The van der Waals surface area contributed by atoms with E-state index in [4.69, 9.17) is 0 Å². The molecule has 0 amide bonds. The first kappa shape index (κ1) is 15.2. The van der Waals surface area contributed by atoms with Gasteiger partial charge in [0.15, 0.2) is 0 Å². The van der Waals surface area contributed by atoms with E-state index >= 15 is 0 Å². The maximum absolute atomic E-state index is 4.22. The molecule has 0 bridgehead atoms. The van der Waals surface area contributed by atoms with Crippen molar-refractivity contribution in [2.24, 2.45) is 7.05 Å². The van der Waals surface area contributed by atoms with Gasteiger partial charge in [0.1, 0.15) is 0 Å². The van der Waals surface area contributed by atoms with Crippen molar-refractivity contribution in [3.05, 3.63) is 18.0 Å². The van der Waals surface area contributed by atoms with Crippen LogP contribution in [0.15, 0.2) is 12.4 Å². The van der Waals surface area contributed by atoms with E-state index in [1.807, 2.05) is 17.9 Å². The number of aryl methyl sites for hydroxylation is 2. The fraction of sp³-hybridized carbons (Fsp3) is 0.786. The van der Waals surface area contributed by atoms with Gasteiger partial charge in [0.05, 0.1) is 6.20 Å². The van der Waals surface area contributed by atoms with Crippen LogP contribution < -0.4 is 5.32 Å². The van der Waals surface area contributed by atoms with Gasteiger partial charge in [-0.15, -0.1) is 0 Å². The van der Waals surface area contributed by atoms with E-state index in [-0.39, 0.29) is 5.54 Å². The van der Waals surface area contributed by atoms with E-state index in [9.17, 15) is 0 Å². The number of likely N-dealkylation sites (N-methyl/N-ethyl adjacent to an activating group) is 2. The van der Waals surface area contributed by atoms with Crippen LogP contribution in [0.5, 0.6) is 0 Å². The fourth-order valence-electron chi connectivity index (χ4n) is 2.55. The lowest BCUT2D eigenvalue weighted by Crippen LogP contribution is -2.56. The topological polar surface area (TPSA) is 33.1 Å². The average Bonchev–Trinajstić information content (AvgIpc) is 2.75. The van der Waals surface area contributed by atoms with Crippen LogP contribution in [0, 0.1) is 0 Å². The summed E-state index contributed by atoms with van der Waals surface area (Å²) in [6.45, 7) is 4.59. The smallest absolute Gasteiger partial charge is 0.0521 e. The molecule has 2 atom stereocenters. The molecule has 0 aliphatic heterocycles. The van der Waals surface area contributed by atoms with Gasteiger partial charge in [0, 0.05) is 24.8 Å². The minimum absolute atomic E-state index is 0.191. The predicted molar refractivity (Wildman–Crippen MR) is 76.8 cm³/mol. The second-order valence-corrected chi connectivity index (χ2v) is 5.51. The molecule has 1 aromatic rings. The highest BCUT2D eigenvalue weighted by molar-refractivity contribution is 5.05. The highest BCUT2D eigenvalue weighted by atomic mass is 15.2. The van der Waals surface area contributed by atoms with Crippen molar-refractivity contribution in [2.75, 3.05) is 21.1 Å². The van der Waals surface area contributed by atoms with Crippen LogP contribution in [0.25, 0.3) is 0 Å². The lowest BCUT2D eigenvalue weighted by atomic mass is 9.84. The molecule has 1 aromatic heterocycles. The van der Waals surface area contributed by atoms with Crippen LogP contribution in [0.3, 0.4) is 0 Å². The van der Waals surface area contributed by atoms with Gasteiger partial charge in [-0.2, -0.15) is 5.10 Å². The maximum Gasteiger partial charge on any atom is 0.0521 e. The number of nitrogens with zero attached hydrogens (tertiary/aromatic N) is 3. The maximum atomic E-state index is 4.22. The zero-order chi connectivity index (χ0) is 13.8. The van der Waals surface area contributed by atoms with Crippen molar-refractivity contribution >= 4 is 0 Å². The Labute approximate surface area is 111 Å². The van der Waals surface area contributed by atoms with Crippen molar-refractivity contribution in [3.63, 3.8) is 0 Å². The highest BCUT2D eigenvalue weighted by Gasteiger charge is 2.33. The zero-order valence-electron chi connectivity index (χ0n) is 12.7. The first-order chi connectivity index (χ1) is 8.43. The van der Waals surface area contributed by atoms with E-state index in [2.05, 4.69) is 56.5 Å². The van der Waals surface area contributed by atoms with E-state index in [1.165, 1.54) is 5.56 Å². The molecule has 2 unspecified atom stereocenters. The Morgan fingerprint density at radius 2 is 2.17 bits per heavy atom. The molecule has 0 aliphatic carbocycles. The Bertz CT molecular complexity index is 358. The minimum atomic E-state index is 0.191. The molecular formula is C14H28N4. The Kier molecular flexibility index (Phi) is 5.35. The molecule has 0 fully saturated rings. The Morgan fingerprint density at radius 1 is 1.50 bits per heavy atom. The summed E-state index contributed by atoms with van der Waals surface area (Å²) in [5.74, 6) is 0. The van der Waals surface area contributed by atoms with Crippen molar-refractivity contribution < 1.29 is 0 Å². The largest absolute Gasteiger partial charge is 0.315 e. The second kappa shape index (κ2) is 6.34. The third kappa shape index (κ3) is 3.33. The van der Waals surface area contributed by atoms with E-state index in [0.717, 1.165) is 19.3 Å². The number of aromatic nitrogens is 2. The van der Waals surface area contributed by atoms with Gasteiger partial charge < -0.3 is 10.2 Å². The molecule has 0 spiro atoms. The third-order valence-corrected chi connectivity index (χ3v) is 4.32. The molecular weight excluding hydrogens is 224 g/mol. The SMILES string of the molecule is CCC(C)(C(CCc1cnn(C)c1)NC)N(C)C. The summed E-state index contributed by atoms with van der Waals surface area (Å²) in [7, 11) is 8.36. The van der Waals surface area contributed by atoms with Gasteiger partial charge in [-0.1, -0.05) is 6.92 Å². The van der Waals surface area contributed by atoms with Crippen molar-refractivity contribution in [2.45, 2.75) is 44.7 Å². The summed E-state index contributed by atoms with van der Waals surface area (Å²) in [5.41, 5.74) is 1.51. The zero-order valence-corrected chi connectivity index (χ0v) is 12.7. The van der Waals surface area contributed by atoms with Crippen molar-refractivity contribution in [3.8, 4) is 0 Å². The second-order valence-electron chi connectivity index (χ2n) is 5.51. The number of nitrogens with one attached hydrogen (secondary N) is 1. The lowest BCUT2D eigenvalue weighted by Gasteiger charge is -2.42. The lowest BCUT2D eigenvalue weighted by molar-refractivity contribution is 0.112. The molecule has 0 radical (unpaired) electrons. The van der Waals surface area contributed by atoms with E-state index in [0.29, 0.717) is 6.04 Å². The van der Waals surface area contributed by atoms with Gasteiger partial charge in [0.25, 0.3) is 0 Å². The molecule has 104 valence electrons. The first-order valence-corrected chi connectivity index (χ1v) is 6.76. The monoisotopic (exact) mass is 252 g/mol. The number of hydrogen-bond acceptors (Lipinski definition) is 3. The standard InChI is InChI=1S/C14H28N4/c1-7-14(2,17(4)5)13(15-3)9-8-12-10-16-18(6)11-12/h10-11,13,15H,7-9H2,1-6H3. The molecule has 1 N–H and O–H groups in total. The van der Waals surface area contributed by atoms with Gasteiger partial charge in [-0.3, -0.25) is 4.68 Å². The van der Waals surface area contributed by atoms with E-state index in [1.54, 1.807) is 0 Å². The minimum Gasteiger partial charge on any atom is -0.315 e. The van der Waals surface area contributed by atoms with Crippen LogP contribution in [-0.2, 0) is 13.5 Å². The van der Waals surface area contributed by atoms with Gasteiger partial charge >= 0.3 is 0 Å². The third-order valence-electron chi connectivity index (χ3n) is 4.32. The molecule has 18 heavy (non-hydrogen) atoms. The van der Waals surface area contributed by atoms with Crippen molar-refractivity contribution in [1.29, 1.82) is 0 Å². The van der Waals surface area contributed by atoms with Crippen LogP contribution in [-0.4, -0.2) is 47.4 Å². The summed E-state index contributed by atoms with van der Waals surface area (Å²) in [6.07, 6.45) is 7.41. The fourth-order valence-corrected chi connectivity index (χ4v) is 2.55. The van der Waals surface area contributed by atoms with Gasteiger partial charge in [-0.05, 0) is 52.9 Å². The molecule has 0 saturated carbocycles. The molecule has 0 aromatic carbocycles. The summed E-state index contributed by atoms with van der Waals surface area (Å²) >= 11 is 0. The molecule has 0 aliphatic rings. The summed E-state index contributed by atoms with van der Waals surface area (Å²) < 4.78 is 1.87. The van der Waals surface area contributed by atoms with Crippen LogP contribution in [0.1, 0.15) is 32.3 Å². The molecule has 1 rings (SSSR count). The highest BCUT2D eigenvalue weighted by Crippen LogP contribution is 2.24. The Balaban J connectivity index is 2.66. The molecule has 1 heterocycles. The molecule has 4 nitrogen and oxygen atoms in total. The number of rotatable bonds is 7.